The van der Waals surface area contributed by atoms with Gasteiger partial charge in [-0.2, -0.15) is 0 Å². The van der Waals surface area contributed by atoms with Crippen LogP contribution in [0.4, 0.5) is 0 Å². The summed E-state index contributed by atoms with van der Waals surface area (Å²) in [5, 5.41) is 0. The third-order valence-electron chi connectivity index (χ3n) is 0.704. The van der Waals surface area contributed by atoms with Crippen LogP contribution in [0, 0.1) is 0 Å². The average molecular weight is 179 g/mol. The van der Waals surface area contributed by atoms with Crippen molar-refractivity contribution in [1.82, 2.24) is 4.72 Å². The predicted octanol–water partition coefficient (Wildman–Crippen LogP) is 0.137. The molecule has 1 atom stereocenters. The van der Waals surface area contributed by atoms with Gasteiger partial charge in [-0.1, -0.05) is 0 Å². The first-order valence-corrected chi connectivity index (χ1v) is 3.89. The van der Waals surface area contributed by atoms with Crippen molar-refractivity contribution in [3.05, 3.63) is 12.0 Å². The van der Waals surface area contributed by atoms with Gasteiger partial charge in [-0.15, -0.1) is 0 Å². The average Bonchev–Trinajstić information content (AvgIpc) is 1.84. The number of esters is 1. The minimum absolute atomic E-state index is 0.0293. The van der Waals surface area contributed by atoms with Gasteiger partial charge in [0, 0.05) is 6.92 Å². The van der Waals surface area contributed by atoms with Crippen LogP contribution in [0.5, 0.6) is 0 Å². The number of nitrogens with one attached hydrogen (secondary N) is 1. The van der Waals surface area contributed by atoms with E-state index in [2.05, 4.69) is 4.74 Å². The first-order valence-electron chi connectivity index (χ1n) is 2.78. The van der Waals surface area contributed by atoms with E-state index in [-0.39, 0.29) is 5.88 Å². The Kier molecular flexibility index (Phi) is 4.47. The Morgan fingerprint density at radius 2 is 2.27 bits per heavy atom. The van der Waals surface area contributed by atoms with Gasteiger partial charge in [-0.05, 0) is 13.0 Å². The van der Waals surface area contributed by atoms with E-state index in [0.717, 1.165) is 0 Å². The number of hydrogen-bond acceptors (Lipinski definition) is 3. The van der Waals surface area contributed by atoms with Crippen LogP contribution in [0.3, 0.4) is 0 Å². The van der Waals surface area contributed by atoms with Gasteiger partial charge in [0.2, 0.25) is 5.88 Å². The molecule has 5 nitrogen and oxygen atoms in total. The molecule has 0 saturated carbocycles. The smallest absolute Gasteiger partial charge is 0.309 e. The summed E-state index contributed by atoms with van der Waals surface area (Å²) in [6, 6.07) is 0. The predicted molar refractivity (Wildman–Crippen MR) is 39.4 cm³/mol. The van der Waals surface area contributed by atoms with Crippen LogP contribution in [0.25, 0.3) is 0 Å². The maximum absolute atomic E-state index is 10.3. The van der Waals surface area contributed by atoms with Gasteiger partial charge in [0.1, 0.15) is 0 Å². The number of hydrogen-bond donors (Lipinski definition) is 2. The molecule has 6 heteroatoms. The fourth-order valence-electron chi connectivity index (χ4n) is 0.380. The summed E-state index contributed by atoms with van der Waals surface area (Å²) in [5.41, 5.74) is 0. The zero-order valence-corrected chi connectivity index (χ0v) is 6.97. The minimum atomic E-state index is -2.21. The molecule has 0 saturated heterocycles. The molecule has 0 aliphatic rings. The summed E-state index contributed by atoms with van der Waals surface area (Å²) >= 11 is -2.21. The van der Waals surface area contributed by atoms with E-state index in [1.54, 1.807) is 6.92 Å². The van der Waals surface area contributed by atoms with Crippen molar-refractivity contribution in [3.63, 3.8) is 0 Å². The third kappa shape index (κ3) is 5.56. The van der Waals surface area contributed by atoms with E-state index in [9.17, 15) is 9.00 Å². The van der Waals surface area contributed by atoms with E-state index >= 15 is 0 Å². The molecule has 0 aliphatic carbocycles. The lowest BCUT2D eigenvalue weighted by molar-refractivity contribution is -0.137. The SMILES string of the molecule is CC=C(NS(=O)O)OC(C)=O. The van der Waals surface area contributed by atoms with Crippen LogP contribution < -0.4 is 4.72 Å². The second-order valence-corrected chi connectivity index (χ2v) is 2.30. The van der Waals surface area contributed by atoms with E-state index in [4.69, 9.17) is 4.55 Å². The van der Waals surface area contributed by atoms with Crippen LogP contribution in [-0.4, -0.2) is 14.7 Å². The van der Waals surface area contributed by atoms with Gasteiger partial charge >= 0.3 is 5.97 Å². The van der Waals surface area contributed by atoms with Crippen LogP contribution in [-0.2, 0) is 20.8 Å². The Morgan fingerprint density at radius 1 is 1.73 bits per heavy atom. The molecule has 0 amide bonds. The highest BCUT2D eigenvalue weighted by atomic mass is 32.2. The van der Waals surface area contributed by atoms with Crippen molar-refractivity contribution >= 4 is 17.2 Å². The Balaban J connectivity index is 3.99. The van der Waals surface area contributed by atoms with Gasteiger partial charge in [0.25, 0.3) is 11.3 Å². The van der Waals surface area contributed by atoms with E-state index in [1.807, 2.05) is 4.72 Å². The Morgan fingerprint density at radius 3 is 2.55 bits per heavy atom. The van der Waals surface area contributed by atoms with Gasteiger partial charge in [-0.25, -0.2) is 4.21 Å². The zero-order valence-electron chi connectivity index (χ0n) is 6.16. The molecule has 11 heavy (non-hydrogen) atoms. The number of carbonyl (C=O) groups excluding carboxylic acids is 1. The molecule has 64 valence electrons. The van der Waals surface area contributed by atoms with Gasteiger partial charge in [0.05, 0.1) is 0 Å². The molecule has 0 aliphatic heterocycles. The van der Waals surface area contributed by atoms with E-state index in [1.165, 1.54) is 13.0 Å². The Labute approximate surface area is 66.8 Å². The number of carbonyl (C=O) groups is 1. The fraction of sp³-hybridized carbons (Fsp3) is 0.400. The molecule has 0 fully saturated rings. The number of allylic oxidation sites excluding steroid dienone is 1. The maximum Gasteiger partial charge on any atom is 0.309 e. The first-order chi connectivity index (χ1) is 5.06. The van der Waals surface area contributed by atoms with Crippen molar-refractivity contribution in [1.29, 1.82) is 0 Å². The monoisotopic (exact) mass is 179 g/mol. The van der Waals surface area contributed by atoms with Crippen molar-refractivity contribution in [2.24, 2.45) is 0 Å². The van der Waals surface area contributed by atoms with Crippen LogP contribution >= 0.6 is 0 Å². The molecule has 0 heterocycles. The van der Waals surface area contributed by atoms with Crippen molar-refractivity contribution in [2.45, 2.75) is 13.8 Å². The molecule has 0 bridgehead atoms. The summed E-state index contributed by atoms with van der Waals surface area (Å²) in [6.07, 6.45) is 1.37. The number of ether oxygens (including phenoxy) is 1. The lowest BCUT2D eigenvalue weighted by Gasteiger charge is -2.04. The highest BCUT2D eigenvalue weighted by Gasteiger charge is 2.01. The molecule has 0 aromatic carbocycles. The zero-order chi connectivity index (χ0) is 8.85. The van der Waals surface area contributed by atoms with E-state index < -0.39 is 17.2 Å². The highest BCUT2D eigenvalue weighted by molar-refractivity contribution is 7.77. The van der Waals surface area contributed by atoms with Crippen molar-refractivity contribution in [3.8, 4) is 0 Å². The molecule has 0 rings (SSSR count). The van der Waals surface area contributed by atoms with E-state index in [0.29, 0.717) is 0 Å². The second kappa shape index (κ2) is 4.86. The second-order valence-electron chi connectivity index (χ2n) is 1.60. The topological polar surface area (TPSA) is 75.6 Å². The first kappa shape index (κ1) is 10.1. The number of rotatable bonds is 3. The highest BCUT2D eigenvalue weighted by Crippen LogP contribution is 1.92. The summed E-state index contributed by atoms with van der Waals surface area (Å²) < 4.78 is 24.9. The van der Waals surface area contributed by atoms with Crippen LogP contribution in [0.2, 0.25) is 0 Å². The fourth-order valence-corrected chi connectivity index (χ4v) is 0.711. The molecule has 0 aromatic heterocycles. The Bertz CT molecular complexity index is 183. The van der Waals surface area contributed by atoms with Crippen molar-refractivity contribution < 1.29 is 18.3 Å². The molecule has 1 unspecified atom stereocenters. The minimum Gasteiger partial charge on any atom is -0.409 e. The summed E-state index contributed by atoms with van der Waals surface area (Å²) in [7, 11) is 0. The summed E-state index contributed by atoms with van der Waals surface area (Å²) in [5.74, 6) is -0.575. The van der Waals surface area contributed by atoms with Crippen molar-refractivity contribution in [2.75, 3.05) is 0 Å². The van der Waals surface area contributed by atoms with Crippen LogP contribution in [0.15, 0.2) is 12.0 Å². The summed E-state index contributed by atoms with van der Waals surface area (Å²) in [6.45, 7) is 2.77. The molecule has 0 spiro atoms. The lowest BCUT2D eigenvalue weighted by Crippen LogP contribution is -2.19. The molecule has 0 radical (unpaired) electrons. The quantitative estimate of drug-likeness (QED) is 0.367. The van der Waals surface area contributed by atoms with Gasteiger partial charge in [-0.3, -0.25) is 14.1 Å². The summed E-state index contributed by atoms with van der Waals surface area (Å²) in [4.78, 5) is 10.3. The van der Waals surface area contributed by atoms with Crippen LogP contribution in [0.1, 0.15) is 13.8 Å². The lowest BCUT2D eigenvalue weighted by atomic mass is 10.6. The van der Waals surface area contributed by atoms with Gasteiger partial charge < -0.3 is 4.74 Å². The standard InChI is InChI=1S/C5H9NO4S/c1-3-5(6-11(8)9)10-4(2)7/h3,6H,1-2H3,(H,8,9). The molecular weight excluding hydrogens is 170 g/mol. The van der Waals surface area contributed by atoms with Gasteiger partial charge in [0.15, 0.2) is 0 Å². The largest absolute Gasteiger partial charge is 0.409 e. The molecule has 2 N–H and O–H groups in total. The Hall–Kier alpha value is -0.880. The molecular formula is C5H9NO4S. The maximum atomic E-state index is 10.3. The normalized spacial score (nSPS) is 13.9. The molecule has 0 aromatic rings. The third-order valence-corrected chi connectivity index (χ3v) is 1.08.